The van der Waals surface area contributed by atoms with Gasteiger partial charge in [0, 0.05) is 0 Å². The largest absolute Gasteiger partial charge is 0.463 e. The summed E-state index contributed by atoms with van der Waals surface area (Å²) in [4.78, 5) is 22.6. The molecule has 0 aliphatic heterocycles. The lowest BCUT2D eigenvalue weighted by atomic mass is 10.2. The molecule has 0 spiro atoms. The van der Waals surface area contributed by atoms with E-state index in [1.165, 1.54) is 0 Å². The Labute approximate surface area is 102 Å². The van der Waals surface area contributed by atoms with E-state index in [9.17, 15) is 14.7 Å². The maximum Gasteiger partial charge on any atom is 0.335 e. The predicted molar refractivity (Wildman–Crippen MR) is 62.3 cm³/mol. The van der Waals surface area contributed by atoms with Crippen molar-refractivity contribution in [2.45, 2.75) is 65.3 Å². The SMILES string of the molecule is CC[C@H](C)OC(=O)C[C@@H](O)C(=O)O[C@@H](C)CC. The third kappa shape index (κ3) is 6.94. The van der Waals surface area contributed by atoms with Crippen LogP contribution in [0.3, 0.4) is 0 Å². The molecule has 1 N–H and O–H groups in total. The summed E-state index contributed by atoms with van der Waals surface area (Å²) in [6.07, 6.45) is -0.919. The highest BCUT2D eigenvalue weighted by Crippen LogP contribution is 2.05. The Balaban J connectivity index is 4.03. The van der Waals surface area contributed by atoms with Crippen LogP contribution < -0.4 is 0 Å². The number of carbonyl (C=O) groups is 2. The summed E-state index contributed by atoms with van der Waals surface area (Å²) in [6.45, 7) is 7.22. The van der Waals surface area contributed by atoms with Gasteiger partial charge >= 0.3 is 11.9 Å². The zero-order chi connectivity index (χ0) is 13.4. The molecule has 0 radical (unpaired) electrons. The molecule has 0 aromatic rings. The second kappa shape index (κ2) is 8.06. The minimum absolute atomic E-state index is 0.208. The number of aliphatic hydroxyl groups is 1. The average Bonchev–Trinajstić information content (AvgIpc) is 2.28. The van der Waals surface area contributed by atoms with Crippen molar-refractivity contribution in [3.63, 3.8) is 0 Å². The van der Waals surface area contributed by atoms with Crippen LogP contribution in [0.5, 0.6) is 0 Å². The summed E-state index contributed by atoms with van der Waals surface area (Å²) in [7, 11) is 0. The maximum absolute atomic E-state index is 11.3. The van der Waals surface area contributed by atoms with Gasteiger partial charge in [0.05, 0.1) is 18.6 Å². The predicted octanol–water partition coefficient (Wildman–Crippen LogP) is 1.42. The van der Waals surface area contributed by atoms with Crippen molar-refractivity contribution in [3.8, 4) is 0 Å². The molecule has 0 aromatic carbocycles. The summed E-state index contributed by atoms with van der Waals surface area (Å²) in [5.74, 6) is -1.37. The molecule has 0 heterocycles. The highest BCUT2D eigenvalue weighted by atomic mass is 16.6. The minimum atomic E-state index is -1.44. The van der Waals surface area contributed by atoms with Gasteiger partial charge in [-0.15, -0.1) is 0 Å². The first kappa shape index (κ1) is 15.9. The van der Waals surface area contributed by atoms with E-state index < -0.39 is 18.0 Å². The van der Waals surface area contributed by atoms with Crippen molar-refractivity contribution in [1.29, 1.82) is 0 Å². The fourth-order valence-electron chi connectivity index (χ4n) is 0.957. The minimum Gasteiger partial charge on any atom is -0.463 e. The zero-order valence-corrected chi connectivity index (χ0v) is 10.9. The standard InChI is InChI=1S/C12H22O5/c1-5-8(3)16-11(14)7-10(13)12(15)17-9(4)6-2/h8-10,13H,5-7H2,1-4H3/t8-,9-,10+/m0/s1. The lowest BCUT2D eigenvalue weighted by Crippen LogP contribution is -2.30. The van der Waals surface area contributed by atoms with Gasteiger partial charge in [0.25, 0.3) is 0 Å². The number of hydrogen-bond acceptors (Lipinski definition) is 5. The molecule has 100 valence electrons. The summed E-state index contributed by atoms with van der Waals surface area (Å²) in [5, 5.41) is 9.44. The second-order valence-electron chi connectivity index (χ2n) is 4.08. The first-order chi connectivity index (χ1) is 7.90. The molecule has 0 saturated carbocycles. The van der Waals surface area contributed by atoms with Gasteiger partial charge in [0.15, 0.2) is 6.10 Å². The lowest BCUT2D eigenvalue weighted by Gasteiger charge is -2.15. The molecule has 0 bridgehead atoms. The molecular formula is C12H22O5. The first-order valence-electron chi connectivity index (χ1n) is 5.98. The molecular weight excluding hydrogens is 224 g/mol. The summed E-state index contributed by atoms with van der Waals surface area (Å²) in [5.41, 5.74) is 0. The molecule has 5 heteroatoms. The van der Waals surface area contributed by atoms with Crippen molar-refractivity contribution >= 4 is 11.9 Å². The molecule has 0 fully saturated rings. The van der Waals surface area contributed by atoms with Crippen LogP contribution in [-0.2, 0) is 19.1 Å². The second-order valence-corrected chi connectivity index (χ2v) is 4.08. The van der Waals surface area contributed by atoms with E-state index in [0.717, 1.165) is 0 Å². The Morgan fingerprint density at radius 1 is 1.06 bits per heavy atom. The van der Waals surface area contributed by atoms with Gasteiger partial charge in [-0.2, -0.15) is 0 Å². The third-order valence-corrected chi connectivity index (χ3v) is 2.43. The molecule has 0 amide bonds. The first-order valence-corrected chi connectivity index (χ1v) is 5.98. The van der Waals surface area contributed by atoms with Crippen LogP contribution in [0, 0.1) is 0 Å². The van der Waals surface area contributed by atoms with E-state index in [1.54, 1.807) is 13.8 Å². The molecule has 0 saturated heterocycles. The maximum atomic E-state index is 11.3. The van der Waals surface area contributed by atoms with Gasteiger partial charge in [-0.1, -0.05) is 13.8 Å². The van der Waals surface area contributed by atoms with Gasteiger partial charge < -0.3 is 14.6 Å². The van der Waals surface area contributed by atoms with Crippen LogP contribution in [0.15, 0.2) is 0 Å². The Kier molecular flexibility index (Phi) is 7.54. The topological polar surface area (TPSA) is 72.8 Å². The van der Waals surface area contributed by atoms with Gasteiger partial charge in [-0.25, -0.2) is 4.79 Å². The number of hydrogen-bond donors (Lipinski definition) is 1. The van der Waals surface area contributed by atoms with Gasteiger partial charge in [0.1, 0.15) is 0 Å². The van der Waals surface area contributed by atoms with E-state index in [2.05, 4.69) is 0 Å². The summed E-state index contributed by atoms with van der Waals surface area (Å²) < 4.78 is 9.84. The van der Waals surface area contributed by atoms with E-state index in [0.29, 0.717) is 12.8 Å². The molecule has 0 aliphatic rings. The van der Waals surface area contributed by atoms with Crippen LogP contribution in [0.25, 0.3) is 0 Å². The van der Waals surface area contributed by atoms with Crippen molar-refractivity contribution in [1.82, 2.24) is 0 Å². The van der Waals surface area contributed by atoms with Crippen LogP contribution >= 0.6 is 0 Å². The fourth-order valence-corrected chi connectivity index (χ4v) is 0.957. The Morgan fingerprint density at radius 3 is 2.00 bits per heavy atom. The van der Waals surface area contributed by atoms with Gasteiger partial charge in [-0.3, -0.25) is 4.79 Å². The Morgan fingerprint density at radius 2 is 1.53 bits per heavy atom. The van der Waals surface area contributed by atoms with Crippen LogP contribution in [0.4, 0.5) is 0 Å². The molecule has 17 heavy (non-hydrogen) atoms. The molecule has 0 aliphatic carbocycles. The van der Waals surface area contributed by atoms with Crippen molar-refractivity contribution in [2.24, 2.45) is 0 Å². The molecule has 0 aromatic heterocycles. The Hall–Kier alpha value is -1.10. The smallest absolute Gasteiger partial charge is 0.335 e. The van der Waals surface area contributed by atoms with Gasteiger partial charge in [-0.05, 0) is 26.7 Å². The van der Waals surface area contributed by atoms with Crippen molar-refractivity contribution in [3.05, 3.63) is 0 Å². The van der Waals surface area contributed by atoms with Crippen LogP contribution in [-0.4, -0.2) is 35.4 Å². The van der Waals surface area contributed by atoms with E-state index in [1.807, 2.05) is 13.8 Å². The van der Waals surface area contributed by atoms with Crippen molar-refractivity contribution in [2.75, 3.05) is 0 Å². The highest BCUT2D eigenvalue weighted by molar-refractivity contribution is 5.81. The zero-order valence-electron chi connectivity index (χ0n) is 10.9. The molecule has 5 nitrogen and oxygen atoms in total. The van der Waals surface area contributed by atoms with Crippen molar-refractivity contribution < 1.29 is 24.2 Å². The Bertz CT molecular complexity index is 251. The summed E-state index contributed by atoms with van der Waals surface area (Å²) in [6, 6.07) is 0. The number of carbonyl (C=O) groups excluding carboxylic acids is 2. The monoisotopic (exact) mass is 246 g/mol. The highest BCUT2D eigenvalue weighted by Gasteiger charge is 2.23. The van der Waals surface area contributed by atoms with E-state index in [4.69, 9.17) is 9.47 Å². The van der Waals surface area contributed by atoms with Crippen LogP contribution in [0.2, 0.25) is 0 Å². The molecule has 0 unspecified atom stereocenters. The molecule has 0 rings (SSSR count). The lowest BCUT2D eigenvalue weighted by molar-refractivity contribution is -0.165. The number of esters is 2. The average molecular weight is 246 g/mol. The fraction of sp³-hybridized carbons (Fsp3) is 0.833. The number of ether oxygens (including phenoxy) is 2. The number of aliphatic hydroxyl groups excluding tert-OH is 1. The number of rotatable bonds is 7. The quantitative estimate of drug-likeness (QED) is 0.688. The third-order valence-electron chi connectivity index (χ3n) is 2.43. The van der Waals surface area contributed by atoms with Gasteiger partial charge in [0.2, 0.25) is 0 Å². The van der Waals surface area contributed by atoms with E-state index in [-0.39, 0.29) is 18.6 Å². The normalized spacial score (nSPS) is 15.8. The van der Waals surface area contributed by atoms with E-state index >= 15 is 0 Å². The molecule has 3 atom stereocenters. The summed E-state index contributed by atoms with van der Waals surface area (Å²) >= 11 is 0. The van der Waals surface area contributed by atoms with Crippen LogP contribution in [0.1, 0.15) is 47.0 Å².